The van der Waals surface area contributed by atoms with Crippen LogP contribution < -0.4 is 10.6 Å². The zero-order valence-corrected chi connectivity index (χ0v) is 11.6. The summed E-state index contributed by atoms with van der Waals surface area (Å²) in [7, 11) is 2.13. The number of nitrogens with zero attached hydrogens (tertiary/aromatic N) is 3. The summed E-state index contributed by atoms with van der Waals surface area (Å²) in [6, 6.07) is 0.890. The van der Waals surface area contributed by atoms with Crippen LogP contribution in [0.2, 0.25) is 0 Å². The van der Waals surface area contributed by atoms with Crippen molar-refractivity contribution in [1.29, 1.82) is 0 Å². The smallest absolute Gasteiger partial charge is 0.150 e. The summed E-state index contributed by atoms with van der Waals surface area (Å²) in [5, 5.41) is 4.54. The standard InChI is InChI=1S/C13H24N4/c1-8(2)17-13(12(14)9(3)15-17)16(5)10(4)11-6-7-11/h8,10-11H,6-7,14H2,1-5H3. The van der Waals surface area contributed by atoms with E-state index in [1.54, 1.807) is 0 Å². The van der Waals surface area contributed by atoms with E-state index in [-0.39, 0.29) is 0 Å². The Morgan fingerprint density at radius 3 is 2.41 bits per heavy atom. The predicted molar refractivity (Wildman–Crippen MR) is 72.4 cm³/mol. The molecule has 0 bridgehead atoms. The molecule has 0 radical (unpaired) electrons. The maximum atomic E-state index is 6.18. The van der Waals surface area contributed by atoms with Gasteiger partial charge in [-0.1, -0.05) is 0 Å². The van der Waals surface area contributed by atoms with Crippen LogP contribution in [-0.4, -0.2) is 22.9 Å². The van der Waals surface area contributed by atoms with Crippen LogP contribution in [0.3, 0.4) is 0 Å². The number of rotatable bonds is 4. The minimum absolute atomic E-state index is 0.342. The predicted octanol–water partition coefficient (Wildman–Crippen LogP) is 2.59. The van der Waals surface area contributed by atoms with Crippen LogP contribution >= 0.6 is 0 Å². The monoisotopic (exact) mass is 236 g/mol. The highest BCUT2D eigenvalue weighted by molar-refractivity contribution is 5.66. The molecule has 1 aliphatic carbocycles. The average molecular weight is 236 g/mol. The normalized spacial score (nSPS) is 17.5. The van der Waals surface area contributed by atoms with Crippen molar-refractivity contribution in [3.63, 3.8) is 0 Å². The van der Waals surface area contributed by atoms with Crippen molar-refractivity contribution < 1.29 is 0 Å². The van der Waals surface area contributed by atoms with Gasteiger partial charge in [0.05, 0.1) is 11.4 Å². The van der Waals surface area contributed by atoms with E-state index in [1.807, 2.05) is 11.6 Å². The van der Waals surface area contributed by atoms with E-state index in [4.69, 9.17) is 5.73 Å². The number of nitrogens with two attached hydrogens (primary N) is 1. The van der Waals surface area contributed by atoms with Crippen molar-refractivity contribution >= 4 is 11.5 Å². The van der Waals surface area contributed by atoms with Crippen LogP contribution in [0, 0.1) is 12.8 Å². The second-order valence-electron chi connectivity index (χ2n) is 5.55. The van der Waals surface area contributed by atoms with Gasteiger partial charge in [-0.25, -0.2) is 4.68 Å². The maximum Gasteiger partial charge on any atom is 0.150 e. The first-order valence-electron chi connectivity index (χ1n) is 6.50. The van der Waals surface area contributed by atoms with Gasteiger partial charge in [-0.3, -0.25) is 0 Å². The summed E-state index contributed by atoms with van der Waals surface area (Å²) in [5.74, 6) is 1.91. The van der Waals surface area contributed by atoms with Gasteiger partial charge in [0, 0.05) is 19.1 Å². The average Bonchev–Trinajstić information content (AvgIpc) is 3.05. The highest BCUT2D eigenvalue weighted by Crippen LogP contribution is 2.38. The van der Waals surface area contributed by atoms with Gasteiger partial charge in [0.2, 0.25) is 0 Å². The Labute approximate surface area is 104 Å². The van der Waals surface area contributed by atoms with Crippen LogP contribution in [0.5, 0.6) is 0 Å². The van der Waals surface area contributed by atoms with E-state index in [1.165, 1.54) is 12.8 Å². The lowest BCUT2D eigenvalue weighted by Crippen LogP contribution is -2.33. The molecule has 1 fully saturated rings. The molecular formula is C13H24N4. The van der Waals surface area contributed by atoms with E-state index in [0.29, 0.717) is 12.1 Å². The fourth-order valence-corrected chi connectivity index (χ4v) is 2.35. The Morgan fingerprint density at radius 1 is 1.35 bits per heavy atom. The van der Waals surface area contributed by atoms with Crippen LogP contribution in [0.15, 0.2) is 0 Å². The second kappa shape index (κ2) is 4.24. The molecule has 1 saturated carbocycles. The lowest BCUT2D eigenvalue weighted by atomic mass is 10.2. The molecule has 1 heterocycles. The first-order valence-corrected chi connectivity index (χ1v) is 6.50. The van der Waals surface area contributed by atoms with Gasteiger partial charge in [0.15, 0.2) is 5.82 Å². The zero-order valence-electron chi connectivity index (χ0n) is 11.6. The summed E-state index contributed by atoms with van der Waals surface area (Å²) in [5.41, 5.74) is 7.94. The largest absolute Gasteiger partial charge is 0.394 e. The molecule has 4 nitrogen and oxygen atoms in total. The summed E-state index contributed by atoms with van der Waals surface area (Å²) >= 11 is 0. The van der Waals surface area contributed by atoms with E-state index < -0.39 is 0 Å². The van der Waals surface area contributed by atoms with Crippen LogP contribution in [0.25, 0.3) is 0 Å². The lowest BCUT2D eigenvalue weighted by Gasteiger charge is -2.28. The number of anilines is 2. The van der Waals surface area contributed by atoms with Crippen LogP contribution in [-0.2, 0) is 0 Å². The van der Waals surface area contributed by atoms with Gasteiger partial charge in [0.25, 0.3) is 0 Å². The SMILES string of the molecule is Cc1nn(C(C)C)c(N(C)C(C)C2CC2)c1N. The number of hydrogen-bond acceptors (Lipinski definition) is 3. The summed E-state index contributed by atoms with van der Waals surface area (Å²) in [6.07, 6.45) is 2.69. The van der Waals surface area contributed by atoms with Gasteiger partial charge in [0.1, 0.15) is 0 Å². The molecule has 0 spiro atoms. The van der Waals surface area contributed by atoms with Crippen LogP contribution in [0.1, 0.15) is 45.3 Å². The molecule has 4 heteroatoms. The number of aryl methyl sites for hydroxylation is 1. The molecule has 0 aliphatic heterocycles. The molecule has 17 heavy (non-hydrogen) atoms. The minimum Gasteiger partial charge on any atom is -0.394 e. The van der Waals surface area contributed by atoms with Gasteiger partial charge in [-0.15, -0.1) is 0 Å². The van der Waals surface area contributed by atoms with Crippen molar-refractivity contribution in [2.24, 2.45) is 5.92 Å². The van der Waals surface area contributed by atoms with Crippen molar-refractivity contribution in [3.05, 3.63) is 5.69 Å². The summed E-state index contributed by atoms with van der Waals surface area (Å²) in [4.78, 5) is 2.30. The third-order valence-electron chi connectivity index (χ3n) is 3.84. The fraction of sp³-hybridized carbons (Fsp3) is 0.769. The number of nitrogen functional groups attached to an aromatic ring is 1. The third-order valence-corrected chi connectivity index (χ3v) is 3.84. The number of hydrogen-bond donors (Lipinski definition) is 1. The molecule has 96 valence electrons. The molecule has 0 aromatic carbocycles. The number of aromatic nitrogens is 2. The summed E-state index contributed by atoms with van der Waals surface area (Å²) < 4.78 is 2.05. The Bertz CT molecular complexity index is 404. The van der Waals surface area contributed by atoms with Gasteiger partial charge >= 0.3 is 0 Å². The first-order chi connectivity index (χ1) is 7.93. The van der Waals surface area contributed by atoms with Gasteiger partial charge in [-0.2, -0.15) is 5.10 Å². The Hall–Kier alpha value is -1.19. The molecule has 1 aromatic rings. The lowest BCUT2D eigenvalue weighted by molar-refractivity contribution is 0.508. The van der Waals surface area contributed by atoms with E-state index >= 15 is 0 Å². The third kappa shape index (κ3) is 2.13. The Balaban J connectivity index is 2.35. The topological polar surface area (TPSA) is 47.1 Å². The molecule has 2 rings (SSSR count). The van der Waals surface area contributed by atoms with Gasteiger partial charge < -0.3 is 10.6 Å². The zero-order chi connectivity index (χ0) is 12.7. The second-order valence-corrected chi connectivity index (χ2v) is 5.55. The summed E-state index contributed by atoms with van der Waals surface area (Å²) in [6.45, 7) is 8.55. The quantitative estimate of drug-likeness (QED) is 0.874. The molecule has 2 N–H and O–H groups in total. The minimum atomic E-state index is 0.342. The fourth-order valence-electron chi connectivity index (χ4n) is 2.35. The molecular weight excluding hydrogens is 212 g/mol. The molecule has 0 saturated heterocycles. The van der Waals surface area contributed by atoms with E-state index in [0.717, 1.165) is 23.1 Å². The van der Waals surface area contributed by atoms with E-state index in [9.17, 15) is 0 Å². The molecule has 1 atom stereocenters. The Morgan fingerprint density at radius 2 is 1.94 bits per heavy atom. The van der Waals surface area contributed by atoms with Gasteiger partial charge in [-0.05, 0) is 46.5 Å². The highest BCUT2D eigenvalue weighted by atomic mass is 15.4. The first kappa shape index (κ1) is 12.3. The molecule has 1 unspecified atom stereocenters. The van der Waals surface area contributed by atoms with E-state index in [2.05, 4.69) is 37.8 Å². The highest BCUT2D eigenvalue weighted by Gasteiger charge is 2.33. The van der Waals surface area contributed by atoms with Crippen molar-refractivity contribution in [1.82, 2.24) is 9.78 Å². The molecule has 0 amide bonds. The maximum absolute atomic E-state index is 6.18. The molecule has 1 aliphatic rings. The van der Waals surface area contributed by atoms with Crippen LogP contribution in [0.4, 0.5) is 11.5 Å². The molecule has 1 aromatic heterocycles. The van der Waals surface area contributed by atoms with Crippen molar-refractivity contribution in [3.8, 4) is 0 Å². The van der Waals surface area contributed by atoms with Crippen molar-refractivity contribution in [2.75, 3.05) is 17.7 Å². The Kier molecular flexibility index (Phi) is 3.06. The van der Waals surface area contributed by atoms with Crippen molar-refractivity contribution in [2.45, 2.75) is 52.6 Å².